The highest BCUT2D eigenvalue weighted by Gasteiger charge is 2.26. The van der Waals surface area contributed by atoms with Crippen LogP contribution in [0.5, 0.6) is 0 Å². The summed E-state index contributed by atoms with van der Waals surface area (Å²) < 4.78 is 15.0. The molecule has 31 heavy (non-hydrogen) atoms. The van der Waals surface area contributed by atoms with Gasteiger partial charge in [-0.05, 0) is 37.5 Å². The highest BCUT2D eigenvalue weighted by Crippen LogP contribution is 2.33. The van der Waals surface area contributed by atoms with Crippen LogP contribution in [0.25, 0.3) is 0 Å². The van der Waals surface area contributed by atoms with Crippen LogP contribution in [0.2, 0.25) is 0 Å². The van der Waals surface area contributed by atoms with E-state index in [9.17, 15) is 19.2 Å². The second kappa shape index (κ2) is 11.0. The van der Waals surface area contributed by atoms with Gasteiger partial charge in [0.1, 0.15) is 16.5 Å². The van der Waals surface area contributed by atoms with E-state index in [-0.39, 0.29) is 28.7 Å². The van der Waals surface area contributed by atoms with Crippen molar-refractivity contribution in [3.63, 3.8) is 0 Å². The summed E-state index contributed by atoms with van der Waals surface area (Å²) in [5.41, 5.74) is 6.67. The van der Waals surface area contributed by atoms with Crippen molar-refractivity contribution in [3.05, 3.63) is 37.4 Å². The number of aryl methyl sites for hydroxylation is 2. The number of nitrogens with two attached hydrogens (primary N) is 1. The number of ether oxygens (including phenoxy) is 3. The Bertz CT molecular complexity index is 994. The van der Waals surface area contributed by atoms with Crippen LogP contribution in [0, 0.1) is 13.8 Å². The van der Waals surface area contributed by atoms with Crippen LogP contribution in [0.4, 0.5) is 5.00 Å². The molecule has 0 unspecified atom stereocenters. The van der Waals surface area contributed by atoms with Crippen LogP contribution >= 0.6 is 22.7 Å². The summed E-state index contributed by atoms with van der Waals surface area (Å²) in [5, 5.41) is 2.59. The lowest BCUT2D eigenvalue weighted by Gasteiger charge is -2.08. The summed E-state index contributed by atoms with van der Waals surface area (Å²) in [6.45, 7) is 5.06. The predicted molar refractivity (Wildman–Crippen MR) is 117 cm³/mol. The molecule has 2 aromatic rings. The Kier molecular flexibility index (Phi) is 8.72. The SMILES string of the molecule is CCc1sc(C(=O)OCC(=O)Nc2sc(C(N)=O)c(C)c2C(=O)OCCOC)cc1C. The monoisotopic (exact) mass is 468 g/mol. The molecule has 0 saturated carbocycles. The second-order valence-electron chi connectivity index (χ2n) is 6.45. The van der Waals surface area contributed by atoms with Crippen molar-refractivity contribution in [1.82, 2.24) is 0 Å². The van der Waals surface area contributed by atoms with E-state index in [2.05, 4.69) is 5.32 Å². The summed E-state index contributed by atoms with van der Waals surface area (Å²) in [6.07, 6.45) is 0.799. The Morgan fingerprint density at radius 3 is 2.35 bits per heavy atom. The number of hydrogen-bond acceptors (Lipinski definition) is 9. The second-order valence-corrected chi connectivity index (χ2v) is 8.61. The van der Waals surface area contributed by atoms with Gasteiger partial charge in [0, 0.05) is 12.0 Å². The molecule has 3 N–H and O–H groups in total. The van der Waals surface area contributed by atoms with E-state index in [1.54, 1.807) is 6.07 Å². The molecule has 0 aromatic carbocycles. The van der Waals surface area contributed by atoms with E-state index in [1.165, 1.54) is 25.4 Å². The molecular weight excluding hydrogens is 444 g/mol. The number of nitrogens with one attached hydrogen (secondary N) is 1. The van der Waals surface area contributed by atoms with Gasteiger partial charge in [0.2, 0.25) is 0 Å². The van der Waals surface area contributed by atoms with Gasteiger partial charge in [-0.2, -0.15) is 0 Å². The summed E-state index contributed by atoms with van der Waals surface area (Å²) >= 11 is 2.17. The molecule has 0 aliphatic carbocycles. The topological polar surface area (TPSA) is 134 Å². The van der Waals surface area contributed by atoms with Crippen molar-refractivity contribution in [2.24, 2.45) is 5.73 Å². The third kappa shape index (κ3) is 6.12. The van der Waals surface area contributed by atoms with Crippen LogP contribution in [0.1, 0.15) is 52.6 Å². The van der Waals surface area contributed by atoms with E-state index < -0.39 is 30.4 Å². The van der Waals surface area contributed by atoms with E-state index in [0.717, 1.165) is 28.2 Å². The molecule has 2 heterocycles. The molecule has 9 nitrogen and oxygen atoms in total. The molecule has 0 aliphatic heterocycles. The van der Waals surface area contributed by atoms with Crippen molar-refractivity contribution >= 4 is 51.4 Å². The molecule has 2 aromatic heterocycles. The summed E-state index contributed by atoms with van der Waals surface area (Å²) in [4.78, 5) is 50.2. The first-order chi connectivity index (χ1) is 14.7. The van der Waals surface area contributed by atoms with Gasteiger partial charge in [-0.3, -0.25) is 9.59 Å². The Morgan fingerprint density at radius 2 is 1.77 bits per heavy atom. The molecular formula is C20H24N2O7S2. The summed E-state index contributed by atoms with van der Waals surface area (Å²) in [6, 6.07) is 1.72. The van der Waals surface area contributed by atoms with Crippen molar-refractivity contribution in [3.8, 4) is 0 Å². The van der Waals surface area contributed by atoms with Crippen LogP contribution in [0.15, 0.2) is 6.07 Å². The normalized spacial score (nSPS) is 10.6. The van der Waals surface area contributed by atoms with E-state index in [1.807, 2.05) is 13.8 Å². The molecule has 0 saturated heterocycles. The number of thiophene rings is 2. The van der Waals surface area contributed by atoms with Gasteiger partial charge in [0.05, 0.1) is 17.0 Å². The zero-order chi connectivity index (χ0) is 23.1. The quantitative estimate of drug-likeness (QED) is 0.404. The van der Waals surface area contributed by atoms with E-state index in [4.69, 9.17) is 19.9 Å². The molecule has 2 amide bonds. The number of carbonyl (C=O) groups excluding carboxylic acids is 4. The number of primary amides is 1. The van der Waals surface area contributed by atoms with Gasteiger partial charge in [-0.25, -0.2) is 9.59 Å². The summed E-state index contributed by atoms with van der Waals surface area (Å²) in [7, 11) is 1.46. The average molecular weight is 469 g/mol. The Hall–Kier alpha value is -2.76. The smallest absolute Gasteiger partial charge is 0.348 e. The van der Waals surface area contributed by atoms with Gasteiger partial charge >= 0.3 is 11.9 Å². The Balaban J connectivity index is 2.10. The first kappa shape index (κ1) is 24.5. The fourth-order valence-corrected chi connectivity index (χ4v) is 4.78. The van der Waals surface area contributed by atoms with Gasteiger partial charge in [0.15, 0.2) is 6.61 Å². The number of methoxy groups -OCH3 is 1. The molecule has 0 atom stereocenters. The fraction of sp³-hybridized carbons (Fsp3) is 0.400. The number of hydrogen-bond donors (Lipinski definition) is 2. The lowest BCUT2D eigenvalue weighted by molar-refractivity contribution is -0.119. The third-order valence-corrected chi connectivity index (χ3v) is 6.81. The minimum atomic E-state index is -0.736. The number of carbonyl (C=O) groups is 4. The first-order valence-electron chi connectivity index (χ1n) is 9.35. The maximum absolute atomic E-state index is 12.4. The molecule has 11 heteroatoms. The third-order valence-electron chi connectivity index (χ3n) is 4.23. The largest absolute Gasteiger partial charge is 0.460 e. The number of amides is 2. The standard InChI is InChI=1S/C20H24N2O7S2/c1-5-12-10(2)8-13(30-12)19(25)29-9-14(23)22-18-15(20(26)28-7-6-27-4)11(3)16(31-18)17(21)24/h8H,5-7,9H2,1-4H3,(H2,21,24)(H,22,23). The number of anilines is 1. The van der Waals surface area contributed by atoms with Crippen LogP contribution in [0.3, 0.4) is 0 Å². The average Bonchev–Trinajstić information content (AvgIpc) is 3.25. The zero-order valence-corrected chi connectivity index (χ0v) is 19.3. The molecule has 0 bridgehead atoms. The lowest BCUT2D eigenvalue weighted by atomic mass is 10.1. The van der Waals surface area contributed by atoms with Gasteiger partial charge in [-0.15, -0.1) is 22.7 Å². The van der Waals surface area contributed by atoms with Crippen LogP contribution in [-0.4, -0.2) is 50.7 Å². The maximum Gasteiger partial charge on any atom is 0.348 e. The predicted octanol–water partition coefficient (Wildman–Crippen LogP) is 2.69. The van der Waals surface area contributed by atoms with Crippen molar-refractivity contribution in [2.45, 2.75) is 27.2 Å². The lowest BCUT2D eigenvalue weighted by Crippen LogP contribution is -2.21. The molecule has 0 radical (unpaired) electrons. The molecule has 0 aliphatic rings. The van der Waals surface area contributed by atoms with Crippen LogP contribution < -0.4 is 11.1 Å². The number of esters is 2. The maximum atomic E-state index is 12.4. The van der Waals surface area contributed by atoms with Gasteiger partial charge in [-0.1, -0.05) is 6.92 Å². The Labute approximate surface area is 187 Å². The first-order valence-corrected chi connectivity index (χ1v) is 11.0. The van der Waals surface area contributed by atoms with Crippen molar-refractivity contribution in [2.75, 3.05) is 32.2 Å². The summed E-state index contributed by atoms with van der Waals surface area (Å²) in [5.74, 6) is -2.74. The Morgan fingerprint density at radius 1 is 1.06 bits per heavy atom. The molecule has 168 valence electrons. The van der Waals surface area contributed by atoms with Gasteiger partial charge < -0.3 is 25.3 Å². The van der Waals surface area contributed by atoms with Crippen LogP contribution in [-0.2, 0) is 25.4 Å². The highest BCUT2D eigenvalue weighted by atomic mass is 32.1. The van der Waals surface area contributed by atoms with Crippen molar-refractivity contribution < 1.29 is 33.4 Å². The highest BCUT2D eigenvalue weighted by molar-refractivity contribution is 7.18. The zero-order valence-electron chi connectivity index (χ0n) is 17.7. The minimum absolute atomic E-state index is 0.00149. The van der Waals surface area contributed by atoms with E-state index in [0.29, 0.717) is 10.4 Å². The molecule has 0 spiro atoms. The van der Waals surface area contributed by atoms with E-state index >= 15 is 0 Å². The molecule has 0 fully saturated rings. The minimum Gasteiger partial charge on any atom is -0.460 e. The van der Waals surface area contributed by atoms with Crippen molar-refractivity contribution in [1.29, 1.82) is 0 Å². The number of rotatable bonds is 10. The molecule has 2 rings (SSSR count). The fourth-order valence-electron chi connectivity index (χ4n) is 2.71. The van der Waals surface area contributed by atoms with Gasteiger partial charge in [0.25, 0.3) is 11.8 Å².